The maximum absolute atomic E-state index is 13.7. The first kappa shape index (κ1) is 24.4. The normalized spacial score (nSPS) is 17.7. The van der Waals surface area contributed by atoms with Crippen molar-refractivity contribution in [3.63, 3.8) is 0 Å². The number of hydrogen-bond donors (Lipinski definition) is 1. The van der Waals surface area contributed by atoms with E-state index in [2.05, 4.69) is 15.4 Å². The molecule has 0 saturated carbocycles. The Balaban J connectivity index is 1.62. The summed E-state index contributed by atoms with van der Waals surface area (Å²) in [5, 5.41) is 8.14. The summed E-state index contributed by atoms with van der Waals surface area (Å²) in [5.74, 6) is -0.370. The first-order valence-corrected chi connectivity index (χ1v) is 12.0. The molecule has 184 valence electrons. The van der Waals surface area contributed by atoms with Crippen LogP contribution in [0.25, 0.3) is 11.0 Å². The van der Waals surface area contributed by atoms with E-state index in [1.54, 1.807) is 20.5 Å². The number of hydrogen-bond acceptors (Lipinski definition) is 5. The van der Waals surface area contributed by atoms with Crippen LogP contribution in [0.5, 0.6) is 0 Å². The van der Waals surface area contributed by atoms with Crippen LogP contribution >= 0.6 is 0 Å². The molecule has 1 unspecified atom stereocenters. The van der Waals surface area contributed by atoms with Crippen molar-refractivity contribution in [2.75, 3.05) is 26.2 Å². The second-order valence-corrected chi connectivity index (χ2v) is 9.06. The van der Waals surface area contributed by atoms with Gasteiger partial charge in [-0.2, -0.15) is 5.10 Å². The molecule has 4 rings (SSSR count). The minimum Gasteiger partial charge on any atom is -0.354 e. The summed E-state index contributed by atoms with van der Waals surface area (Å²) in [6.45, 7) is 6.88. The predicted molar refractivity (Wildman–Crippen MR) is 133 cm³/mol. The molecule has 1 saturated heterocycles. The standard InChI is InChI=1S/C26H32N6O3/c1-17-15-21(24-18(2)29-30(4)25(24)28-17)26(35)31-12-8-13-32(19(3)33)22(16-23(34)27-11-14-31)20-9-6-5-7-10-20/h5-7,9-10,15,22H,8,11-14,16H2,1-4H3,(H,27,34). The average Bonchev–Trinajstić information content (AvgIpc) is 3.09. The molecule has 9 heteroatoms. The third-order valence-electron chi connectivity index (χ3n) is 6.49. The minimum absolute atomic E-state index is 0.0961. The number of fused-ring (bicyclic) bond motifs is 1. The molecule has 1 N–H and O–H groups in total. The molecule has 1 aliphatic rings. The van der Waals surface area contributed by atoms with Crippen molar-refractivity contribution in [3.05, 3.63) is 58.9 Å². The highest BCUT2D eigenvalue weighted by molar-refractivity contribution is 6.06. The molecule has 0 aliphatic carbocycles. The Kier molecular flexibility index (Phi) is 7.14. The zero-order valence-electron chi connectivity index (χ0n) is 20.7. The molecule has 1 aromatic carbocycles. The summed E-state index contributed by atoms with van der Waals surface area (Å²) >= 11 is 0. The van der Waals surface area contributed by atoms with Gasteiger partial charge in [0, 0.05) is 45.8 Å². The summed E-state index contributed by atoms with van der Waals surface area (Å²) in [7, 11) is 1.82. The number of aryl methyl sites for hydroxylation is 3. The van der Waals surface area contributed by atoms with E-state index in [0.717, 1.165) is 22.3 Å². The SMILES string of the molecule is CC(=O)N1CCCN(C(=O)c2cc(C)nc3c2c(C)nn3C)CCNC(=O)CC1c1ccccc1. The van der Waals surface area contributed by atoms with E-state index in [9.17, 15) is 14.4 Å². The highest BCUT2D eigenvalue weighted by Gasteiger charge is 2.28. The Morgan fingerprint density at radius 1 is 1.09 bits per heavy atom. The highest BCUT2D eigenvalue weighted by Crippen LogP contribution is 2.26. The third kappa shape index (κ3) is 5.18. The molecular formula is C26H32N6O3. The zero-order chi connectivity index (χ0) is 25.1. The first-order valence-electron chi connectivity index (χ1n) is 12.0. The van der Waals surface area contributed by atoms with Crippen molar-refractivity contribution in [2.45, 2.75) is 39.7 Å². The maximum atomic E-state index is 13.7. The summed E-state index contributed by atoms with van der Waals surface area (Å²) in [6, 6.07) is 11.1. The van der Waals surface area contributed by atoms with E-state index < -0.39 is 0 Å². The summed E-state index contributed by atoms with van der Waals surface area (Å²) in [4.78, 5) is 47.2. The molecule has 1 fully saturated rings. The number of aromatic nitrogens is 3. The number of pyridine rings is 1. The molecule has 3 aromatic rings. The van der Waals surface area contributed by atoms with Crippen LogP contribution in [-0.4, -0.2) is 68.5 Å². The number of benzene rings is 1. The Bertz CT molecular complexity index is 1250. The van der Waals surface area contributed by atoms with Crippen LogP contribution in [0.4, 0.5) is 0 Å². The lowest BCUT2D eigenvalue weighted by Crippen LogP contribution is -2.39. The molecule has 9 nitrogen and oxygen atoms in total. The van der Waals surface area contributed by atoms with E-state index in [1.807, 2.05) is 51.2 Å². The second kappa shape index (κ2) is 10.2. The van der Waals surface area contributed by atoms with Crippen LogP contribution in [0.1, 0.15) is 53.1 Å². The molecule has 35 heavy (non-hydrogen) atoms. The van der Waals surface area contributed by atoms with Gasteiger partial charge in [0.05, 0.1) is 29.1 Å². The number of amides is 3. The largest absolute Gasteiger partial charge is 0.354 e. The van der Waals surface area contributed by atoms with Crippen molar-refractivity contribution in [3.8, 4) is 0 Å². The lowest BCUT2D eigenvalue weighted by Gasteiger charge is -2.31. The van der Waals surface area contributed by atoms with Gasteiger partial charge in [-0.25, -0.2) is 4.98 Å². The molecule has 3 heterocycles. The third-order valence-corrected chi connectivity index (χ3v) is 6.49. The quantitative estimate of drug-likeness (QED) is 0.613. The first-order chi connectivity index (χ1) is 16.8. The van der Waals surface area contributed by atoms with Crippen LogP contribution in [0, 0.1) is 13.8 Å². The van der Waals surface area contributed by atoms with E-state index in [-0.39, 0.29) is 30.2 Å². The monoisotopic (exact) mass is 476 g/mol. The van der Waals surface area contributed by atoms with E-state index in [0.29, 0.717) is 43.8 Å². The van der Waals surface area contributed by atoms with Gasteiger partial charge in [0.15, 0.2) is 5.65 Å². The fourth-order valence-electron chi connectivity index (χ4n) is 4.85. The van der Waals surface area contributed by atoms with Gasteiger partial charge in [-0.15, -0.1) is 0 Å². The van der Waals surface area contributed by atoms with Crippen LogP contribution in [0.2, 0.25) is 0 Å². The number of nitrogens with one attached hydrogen (secondary N) is 1. The smallest absolute Gasteiger partial charge is 0.254 e. The van der Waals surface area contributed by atoms with Crippen molar-refractivity contribution >= 4 is 28.8 Å². The average molecular weight is 477 g/mol. The van der Waals surface area contributed by atoms with Gasteiger partial charge < -0.3 is 15.1 Å². The van der Waals surface area contributed by atoms with E-state index in [4.69, 9.17) is 0 Å². The van der Waals surface area contributed by atoms with E-state index in [1.165, 1.54) is 6.92 Å². The van der Waals surface area contributed by atoms with Gasteiger partial charge in [-0.3, -0.25) is 19.1 Å². The van der Waals surface area contributed by atoms with Gasteiger partial charge >= 0.3 is 0 Å². The number of carbonyl (C=O) groups excluding carboxylic acids is 3. The second-order valence-electron chi connectivity index (χ2n) is 9.06. The topological polar surface area (TPSA) is 100 Å². The number of rotatable bonds is 2. The van der Waals surface area contributed by atoms with Crippen molar-refractivity contribution in [1.29, 1.82) is 0 Å². The van der Waals surface area contributed by atoms with Crippen LogP contribution in [-0.2, 0) is 16.6 Å². The molecule has 0 spiro atoms. The fourth-order valence-corrected chi connectivity index (χ4v) is 4.85. The van der Waals surface area contributed by atoms with Crippen molar-refractivity contribution in [1.82, 2.24) is 29.9 Å². The Labute approximate surface area is 205 Å². The molecule has 3 amide bonds. The zero-order valence-corrected chi connectivity index (χ0v) is 20.7. The molecule has 1 atom stereocenters. The van der Waals surface area contributed by atoms with Gasteiger partial charge in [0.1, 0.15) is 0 Å². The summed E-state index contributed by atoms with van der Waals surface area (Å²) in [6.07, 6.45) is 0.776. The molecule has 0 bridgehead atoms. The maximum Gasteiger partial charge on any atom is 0.254 e. The number of nitrogens with zero attached hydrogens (tertiary/aromatic N) is 5. The van der Waals surface area contributed by atoms with E-state index >= 15 is 0 Å². The fraction of sp³-hybridized carbons (Fsp3) is 0.423. The van der Waals surface area contributed by atoms with Crippen LogP contribution in [0.3, 0.4) is 0 Å². The van der Waals surface area contributed by atoms with Crippen molar-refractivity contribution in [2.24, 2.45) is 7.05 Å². The summed E-state index contributed by atoms with van der Waals surface area (Å²) < 4.78 is 1.69. The van der Waals surface area contributed by atoms with Gasteiger partial charge in [0.2, 0.25) is 11.8 Å². The minimum atomic E-state index is -0.350. The molecule has 0 radical (unpaired) electrons. The predicted octanol–water partition coefficient (Wildman–Crippen LogP) is 2.53. The highest BCUT2D eigenvalue weighted by atomic mass is 16.2. The van der Waals surface area contributed by atoms with Gasteiger partial charge in [-0.1, -0.05) is 30.3 Å². The van der Waals surface area contributed by atoms with Crippen LogP contribution in [0.15, 0.2) is 36.4 Å². The van der Waals surface area contributed by atoms with Gasteiger partial charge in [0.25, 0.3) is 5.91 Å². The summed E-state index contributed by atoms with van der Waals surface area (Å²) in [5.41, 5.74) is 3.64. The Hall–Kier alpha value is -3.75. The number of carbonyl (C=O) groups is 3. The molecular weight excluding hydrogens is 444 g/mol. The van der Waals surface area contributed by atoms with Gasteiger partial charge in [-0.05, 0) is 31.9 Å². The van der Waals surface area contributed by atoms with Crippen molar-refractivity contribution < 1.29 is 14.4 Å². The Morgan fingerprint density at radius 2 is 1.83 bits per heavy atom. The lowest BCUT2D eigenvalue weighted by molar-refractivity contribution is -0.132. The lowest BCUT2D eigenvalue weighted by atomic mass is 10.0. The molecule has 1 aliphatic heterocycles. The van der Waals surface area contributed by atoms with Crippen LogP contribution < -0.4 is 5.32 Å². The Morgan fingerprint density at radius 3 is 2.54 bits per heavy atom. The molecule has 2 aromatic heterocycles.